The van der Waals surface area contributed by atoms with Crippen molar-refractivity contribution in [3.8, 4) is 0 Å². The third-order valence-corrected chi connectivity index (χ3v) is 6.83. The van der Waals surface area contributed by atoms with Crippen molar-refractivity contribution >= 4 is 40.4 Å². The summed E-state index contributed by atoms with van der Waals surface area (Å²) >= 11 is 7.84. The van der Waals surface area contributed by atoms with Crippen molar-refractivity contribution in [2.45, 2.75) is 50.6 Å². The molecule has 0 spiro atoms. The molecule has 0 bridgehead atoms. The van der Waals surface area contributed by atoms with Gasteiger partial charge in [0.25, 0.3) is 0 Å². The van der Waals surface area contributed by atoms with Crippen molar-refractivity contribution in [1.82, 2.24) is 5.32 Å². The zero-order valence-corrected chi connectivity index (χ0v) is 19.4. The van der Waals surface area contributed by atoms with Gasteiger partial charge in [-0.2, -0.15) is 11.3 Å². The van der Waals surface area contributed by atoms with Crippen LogP contribution in [0.5, 0.6) is 0 Å². The van der Waals surface area contributed by atoms with Crippen LogP contribution in [0, 0.1) is 0 Å². The number of carbonyl (C=O) groups excluding carboxylic acids is 2. The van der Waals surface area contributed by atoms with E-state index in [-0.39, 0.29) is 24.3 Å². The van der Waals surface area contributed by atoms with E-state index in [4.69, 9.17) is 11.6 Å². The monoisotopic (exact) mass is 466 g/mol. The molecule has 2 aromatic carbocycles. The summed E-state index contributed by atoms with van der Waals surface area (Å²) in [6.45, 7) is 0. The van der Waals surface area contributed by atoms with Crippen molar-refractivity contribution in [2.24, 2.45) is 0 Å². The van der Waals surface area contributed by atoms with E-state index in [0.717, 1.165) is 36.8 Å². The largest absolute Gasteiger partial charge is 0.351 e. The summed E-state index contributed by atoms with van der Waals surface area (Å²) in [5.74, 6) is -0.292. The summed E-state index contributed by atoms with van der Waals surface area (Å²) < 4.78 is 0. The van der Waals surface area contributed by atoms with Gasteiger partial charge < -0.3 is 5.32 Å². The number of thiophene rings is 1. The van der Waals surface area contributed by atoms with E-state index in [2.05, 4.69) is 5.32 Å². The van der Waals surface area contributed by atoms with Crippen LogP contribution in [-0.4, -0.2) is 17.9 Å². The molecular formula is C26H27ClN2O2S. The number of benzene rings is 2. The molecule has 0 aliphatic heterocycles. The lowest BCUT2D eigenvalue weighted by Crippen LogP contribution is -2.47. The van der Waals surface area contributed by atoms with Crippen molar-refractivity contribution in [1.29, 1.82) is 0 Å². The third kappa shape index (κ3) is 5.59. The number of hydrogen-bond acceptors (Lipinski definition) is 3. The van der Waals surface area contributed by atoms with Gasteiger partial charge in [0.2, 0.25) is 11.8 Å². The predicted octanol–water partition coefficient (Wildman–Crippen LogP) is 6.17. The second-order valence-electron chi connectivity index (χ2n) is 8.21. The highest BCUT2D eigenvalue weighted by atomic mass is 35.5. The summed E-state index contributed by atoms with van der Waals surface area (Å²) in [5, 5.41) is 7.68. The summed E-state index contributed by atoms with van der Waals surface area (Å²) in [4.78, 5) is 28.9. The Hall–Kier alpha value is -2.63. The van der Waals surface area contributed by atoms with Crippen LogP contribution in [0.1, 0.15) is 49.3 Å². The van der Waals surface area contributed by atoms with Crippen molar-refractivity contribution < 1.29 is 9.59 Å². The zero-order chi connectivity index (χ0) is 22.3. The minimum absolute atomic E-state index is 0.140. The Morgan fingerprint density at radius 1 is 1.03 bits per heavy atom. The molecule has 166 valence electrons. The van der Waals surface area contributed by atoms with E-state index in [1.54, 1.807) is 28.4 Å². The first-order chi connectivity index (χ1) is 15.6. The zero-order valence-electron chi connectivity index (χ0n) is 17.9. The maximum atomic E-state index is 13.7. The van der Waals surface area contributed by atoms with Gasteiger partial charge in [0.1, 0.15) is 6.04 Å². The maximum absolute atomic E-state index is 13.7. The Bertz CT molecular complexity index is 1030. The fraction of sp³-hybridized carbons (Fsp3) is 0.308. The average molecular weight is 467 g/mol. The highest BCUT2D eigenvalue weighted by molar-refractivity contribution is 7.08. The quantitative estimate of drug-likeness (QED) is 0.452. The summed E-state index contributed by atoms with van der Waals surface area (Å²) in [6, 6.07) is 18.0. The van der Waals surface area contributed by atoms with Crippen LogP contribution in [0.25, 0.3) is 0 Å². The second kappa shape index (κ2) is 10.8. The van der Waals surface area contributed by atoms with Gasteiger partial charge in [-0.1, -0.05) is 67.3 Å². The Balaban J connectivity index is 1.72. The number of amides is 2. The van der Waals surface area contributed by atoms with Gasteiger partial charge in [-0.05, 0) is 59.0 Å². The molecule has 1 aromatic heterocycles. The number of halogens is 1. The predicted molar refractivity (Wildman–Crippen MR) is 131 cm³/mol. The lowest BCUT2D eigenvalue weighted by Gasteiger charge is -2.33. The molecule has 3 aromatic rings. The molecular weight excluding hydrogens is 440 g/mol. The van der Waals surface area contributed by atoms with E-state index in [1.807, 2.05) is 59.3 Å². The lowest BCUT2D eigenvalue weighted by atomic mass is 9.94. The molecule has 0 saturated heterocycles. The van der Waals surface area contributed by atoms with Crippen LogP contribution in [0.15, 0.2) is 71.4 Å². The third-order valence-electron chi connectivity index (χ3n) is 5.86. The van der Waals surface area contributed by atoms with E-state index < -0.39 is 6.04 Å². The molecule has 1 saturated carbocycles. The van der Waals surface area contributed by atoms with Gasteiger partial charge in [-0.25, -0.2) is 0 Å². The molecule has 0 unspecified atom stereocenters. The molecule has 1 aliphatic carbocycles. The Morgan fingerprint density at radius 2 is 1.81 bits per heavy atom. The molecule has 1 fully saturated rings. The van der Waals surface area contributed by atoms with Crippen LogP contribution in [0.3, 0.4) is 0 Å². The minimum atomic E-state index is -0.775. The molecule has 6 heteroatoms. The lowest BCUT2D eigenvalue weighted by molar-refractivity contribution is -0.127. The van der Waals surface area contributed by atoms with Gasteiger partial charge in [0, 0.05) is 16.8 Å². The van der Waals surface area contributed by atoms with E-state index in [0.29, 0.717) is 10.7 Å². The van der Waals surface area contributed by atoms with Crippen molar-refractivity contribution in [3.63, 3.8) is 0 Å². The van der Waals surface area contributed by atoms with Gasteiger partial charge in [-0.3, -0.25) is 14.5 Å². The Labute approximate surface area is 198 Å². The minimum Gasteiger partial charge on any atom is -0.351 e. The first-order valence-electron chi connectivity index (χ1n) is 11.1. The number of nitrogens with zero attached hydrogens (tertiary/aromatic N) is 1. The normalized spacial score (nSPS) is 15.2. The second-order valence-corrected chi connectivity index (χ2v) is 9.43. The van der Waals surface area contributed by atoms with Crippen molar-refractivity contribution in [3.05, 3.63) is 87.6 Å². The molecule has 32 heavy (non-hydrogen) atoms. The standard InChI is InChI=1S/C26H27ClN2O2S/c27-21-10-7-13-23(17-21)29(24(30)16-19-14-15-32-18-19)25(20-8-3-1-4-9-20)26(31)28-22-11-5-2-6-12-22/h1,3-4,7-10,13-15,17-18,22,25H,2,5-6,11-12,16H2,(H,28,31)/t25-/m0/s1. The number of nitrogens with one attached hydrogen (secondary N) is 1. The van der Waals surface area contributed by atoms with Crippen molar-refractivity contribution in [2.75, 3.05) is 4.90 Å². The summed E-state index contributed by atoms with van der Waals surface area (Å²) in [6.07, 6.45) is 5.63. The van der Waals surface area contributed by atoms with Crippen LogP contribution in [-0.2, 0) is 16.0 Å². The molecule has 4 nitrogen and oxygen atoms in total. The van der Waals surface area contributed by atoms with Gasteiger partial charge in [0.05, 0.1) is 6.42 Å². The molecule has 1 atom stereocenters. The van der Waals surface area contributed by atoms with Crippen LogP contribution in [0.4, 0.5) is 5.69 Å². The topological polar surface area (TPSA) is 49.4 Å². The Kier molecular flexibility index (Phi) is 7.61. The highest BCUT2D eigenvalue weighted by Crippen LogP contribution is 2.31. The maximum Gasteiger partial charge on any atom is 0.248 e. The molecule has 0 radical (unpaired) electrons. The van der Waals surface area contributed by atoms with Gasteiger partial charge >= 0.3 is 0 Å². The fourth-order valence-corrected chi connectivity index (χ4v) is 5.15. The molecule has 1 N–H and O–H groups in total. The van der Waals surface area contributed by atoms with Crippen LogP contribution < -0.4 is 10.2 Å². The number of rotatable bonds is 7. The Morgan fingerprint density at radius 3 is 2.50 bits per heavy atom. The number of anilines is 1. The van der Waals surface area contributed by atoms with Crippen LogP contribution >= 0.6 is 22.9 Å². The molecule has 4 rings (SSSR count). The van der Waals surface area contributed by atoms with Gasteiger partial charge in [-0.15, -0.1) is 0 Å². The number of hydrogen-bond donors (Lipinski definition) is 1. The first kappa shape index (κ1) is 22.6. The van der Waals surface area contributed by atoms with E-state index >= 15 is 0 Å². The van der Waals surface area contributed by atoms with Gasteiger partial charge in [0.15, 0.2) is 0 Å². The summed E-state index contributed by atoms with van der Waals surface area (Å²) in [7, 11) is 0. The summed E-state index contributed by atoms with van der Waals surface area (Å²) in [5.41, 5.74) is 2.33. The van der Waals surface area contributed by atoms with E-state index in [1.165, 1.54) is 6.42 Å². The van der Waals surface area contributed by atoms with E-state index in [9.17, 15) is 9.59 Å². The molecule has 1 aliphatic rings. The average Bonchev–Trinajstić information content (AvgIpc) is 3.31. The number of carbonyl (C=O) groups is 2. The smallest absolute Gasteiger partial charge is 0.248 e. The first-order valence-corrected chi connectivity index (χ1v) is 12.4. The van der Waals surface area contributed by atoms with Crippen LogP contribution in [0.2, 0.25) is 5.02 Å². The fourth-order valence-electron chi connectivity index (χ4n) is 4.30. The highest BCUT2D eigenvalue weighted by Gasteiger charge is 2.34. The molecule has 2 amide bonds. The SMILES string of the molecule is O=C(NC1CCCCC1)[C@H](c1ccccc1)N(C(=O)Cc1ccsc1)c1cccc(Cl)c1. The molecule has 1 heterocycles.